The fourth-order valence-corrected chi connectivity index (χ4v) is 2.66. The van der Waals surface area contributed by atoms with Crippen LogP contribution in [0.1, 0.15) is 12.2 Å². The van der Waals surface area contributed by atoms with Gasteiger partial charge in [0.15, 0.2) is 5.82 Å². The third-order valence-electron chi connectivity index (χ3n) is 3.85. The van der Waals surface area contributed by atoms with E-state index >= 15 is 0 Å². The molecule has 0 radical (unpaired) electrons. The Morgan fingerprint density at radius 2 is 2.17 bits per heavy atom. The third-order valence-corrected chi connectivity index (χ3v) is 3.85. The predicted octanol–water partition coefficient (Wildman–Crippen LogP) is 2.37. The molecule has 0 saturated carbocycles. The molecular weight excluding hydrogens is 315 g/mol. The second-order valence-electron chi connectivity index (χ2n) is 5.64. The minimum atomic E-state index is -0.435. The highest BCUT2D eigenvalue weighted by Crippen LogP contribution is 2.26. The summed E-state index contributed by atoms with van der Waals surface area (Å²) in [5.74, 6) is 0.585. The van der Waals surface area contributed by atoms with Gasteiger partial charge in [-0.15, -0.1) is 0 Å². The summed E-state index contributed by atoms with van der Waals surface area (Å²) in [7, 11) is 0. The van der Waals surface area contributed by atoms with Crippen LogP contribution in [0.15, 0.2) is 29.0 Å². The van der Waals surface area contributed by atoms with E-state index < -0.39 is 5.82 Å². The van der Waals surface area contributed by atoms with Crippen LogP contribution in [0.25, 0.3) is 22.5 Å². The average molecular weight is 330 g/mol. The Balaban J connectivity index is 1.52. The van der Waals surface area contributed by atoms with Crippen LogP contribution in [0.4, 0.5) is 4.39 Å². The Morgan fingerprint density at radius 3 is 3.04 bits per heavy atom. The first-order chi connectivity index (χ1) is 11.8. The molecule has 1 unspecified atom stereocenters. The van der Waals surface area contributed by atoms with Crippen molar-refractivity contribution in [3.8, 4) is 11.5 Å². The van der Waals surface area contributed by atoms with Crippen LogP contribution in [0.2, 0.25) is 0 Å². The van der Waals surface area contributed by atoms with Gasteiger partial charge in [-0.3, -0.25) is 9.97 Å². The van der Waals surface area contributed by atoms with Gasteiger partial charge in [-0.1, -0.05) is 5.16 Å². The van der Waals surface area contributed by atoms with Crippen LogP contribution < -0.4 is 0 Å². The van der Waals surface area contributed by atoms with Gasteiger partial charge in [0.2, 0.25) is 0 Å². The molecule has 2 aromatic heterocycles. The van der Waals surface area contributed by atoms with Gasteiger partial charge in [-0.2, -0.15) is 4.98 Å². The third kappa shape index (κ3) is 3.10. The molecule has 24 heavy (non-hydrogen) atoms. The van der Waals surface area contributed by atoms with Gasteiger partial charge in [0.05, 0.1) is 24.3 Å². The molecule has 4 rings (SSSR count). The summed E-state index contributed by atoms with van der Waals surface area (Å²) in [5.41, 5.74) is 1.36. The summed E-state index contributed by atoms with van der Waals surface area (Å²) in [5, 5.41) is 3.88. The monoisotopic (exact) mass is 330 g/mol. The van der Waals surface area contributed by atoms with Gasteiger partial charge in [0, 0.05) is 31.0 Å². The van der Waals surface area contributed by atoms with Crippen molar-refractivity contribution < 1.29 is 18.4 Å². The second kappa shape index (κ2) is 6.58. The highest BCUT2D eigenvalue weighted by molar-refractivity contribution is 5.88. The summed E-state index contributed by atoms with van der Waals surface area (Å²) >= 11 is 0. The van der Waals surface area contributed by atoms with Gasteiger partial charge >= 0.3 is 0 Å². The SMILES string of the molecule is Fc1cc(-c2nc(COCC3CCOC3)no2)c2nccnc2c1. The zero-order chi connectivity index (χ0) is 16.4. The smallest absolute Gasteiger partial charge is 0.260 e. The Kier molecular flexibility index (Phi) is 4.14. The largest absolute Gasteiger partial charge is 0.381 e. The quantitative estimate of drug-likeness (QED) is 0.710. The van der Waals surface area contributed by atoms with E-state index in [1.54, 1.807) is 0 Å². The van der Waals surface area contributed by atoms with Crippen LogP contribution in [-0.2, 0) is 16.1 Å². The molecule has 0 aliphatic carbocycles. The lowest BCUT2D eigenvalue weighted by Crippen LogP contribution is -2.09. The van der Waals surface area contributed by atoms with E-state index in [4.69, 9.17) is 14.0 Å². The van der Waals surface area contributed by atoms with Gasteiger partial charge in [-0.05, 0) is 12.5 Å². The van der Waals surface area contributed by atoms with Crippen molar-refractivity contribution in [1.29, 1.82) is 0 Å². The van der Waals surface area contributed by atoms with Crippen LogP contribution in [0.3, 0.4) is 0 Å². The van der Waals surface area contributed by atoms with Gasteiger partial charge in [0.25, 0.3) is 5.89 Å². The van der Waals surface area contributed by atoms with E-state index in [0.29, 0.717) is 34.9 Å². The summed E-state index contributed by atoms with van der Waals surface area (Å²) < 4.78 is 29.9. The number of rotatable bonds is 5. The molecule has 3 heterocycles. The van der Waals surface area contributed by atoms with E-state index in [1.807, 2.05) is 0 Å². The number of ether oxygens (including phenoxy) is 2. The van der Waals surface area contributed by atoms with Crippen LogP contribution in [0, 0.1) is 11.7 Å². The normalized spacial score (nSPS) is 17.6. The Bertz CT molecular complexity index is 848. The van der Waals surface area contributed by atoms with Crippen molar-refractivity contribution in [1.82, 2.24) is 20.1 Å². The van der Waals surface area contributed by atoms with Crippen molar-refractivity contribution in [2.24, 2.45) is 5.92 Å². The summed E-state index contributed by atoms with van der Waals surface area (Å²) in [6, 6.07) is 2.63. The number of benzene rings is 1. The molecule has 8 heteroatoms. The van der Waals surface area contributed by atoms with Gasteiger partial charge in [0.1, 0.15) is 17.9 Å². The lowest BCUT2D eigenvalue weighted by molar-refractivity contribution is 0.0742. The fourth-order valence-electron chi connectivity index (χ4n) is 2.66. The molecule has 7 nitrogen and oxygen atoms in total. The maximum atomic E-state index is 13.8. The van der Waals surface area contributed by atoms with E-state index in [1.165, 1.54) is 24.5 Å². The molecule has 3 aromatic rings. The van der Waals surface area contributed by atoms with Gasteiger partial charge < -0.3 is 14.0 Å². The molecule has 124 valence electrons. The minimum Gasteiger partial charge on any atom is -0.381 e. The highest BCUT2D eigenvalue weighted by atomic mass is 19.1. The molecule has 0 bridgehead atoms. The maximum Gasteiger partial charge on any atom is 0.260 e. The first kappa shape index (κ1) is 15.1. The van der Waals surface area contributed by atoms with Crippen molar-refractivity contribution in [2.75, 3.05) is 19.8 Å². The van der Waals surface area contributed by atoms with Crippen molar-refractivity contribution in [3.05, 3.63) is 36.2 Å². The molecular formula is C16H15FN4O3. The molecule has 1 fully saturated rings. The van der Waals surface area contributed by atoms with E-state index in [-0.39, 0.29) is 12.5 Å². The standard InChI is InChI=1S/C16H15FN4O3/c17-11-5-12(15-13(6-11)18-2-3-19-15)16-20-14(21-24-16)9-23-8-10-1-4-22-7-10/h2-3,5-6,10H,1,4,7-9H2. The molecule has 1 atom stereocenters. The highest BCUT2D eigenvalue weighted by Gasteiger charge is 2.18. The number of nitrogens with zero attached hydrogens (tertiary/aromatic N) is 4. The van der Waals surface area contributed by atoms with E-state index in [0.717, 1.165) is 19.6 Å². The molecule has 0 spiro atoms. The molecule has 1 aliphatic heterocycles. The maximum absolute atomic E-state index is 13.8. The van der Waals surface area contributed by atoms with Crippen molar-refractivity contribution >= 4 is 11.0 Å². The number of aromatic nitrogens is 4. The molecule has 1 aliphatic rings. The van der Waals surface area contributed by atoms with Crippen molar-refractivity contribution in [2.45, 2.75) is 13.0 Å². The Hall–Kier alpha value is -2.45. The second-order valence-corrected chi connectivity index (χ2v) is 5.64. The lowest BCUT2D eigenvalue weighted by Gasteiger charge is -2.06. The van der Waals surface area contributed by atoms with Gasteiger partial charge in [-0.25, -0.2) is 4.39 Å². The Morgan fingerprint density at radius 1 is 1.25 bits per heavy atom. The number of halogens is 1. The van der Waals surface area contributed by atoms with E-state index in [9.17, 15) is 4.39 Å². The lowest BCUT2D eigenvalue weighted by atomic mass is 10.1. The minimum absolute atomic E-state index is 0.197. The van der Waals surface area contributed by atoms with Crippen LogP contribution in [-0.4, -0.2) is 39.9 Å². The molecule has 0 N–H and O–H groups in total. The number of hydrogen-bond acceptors (Lipinski definition) is 7. The zero-order valence-corrected chi connectivity index (χ0v) is 12.8. The number of hydrogen-bond donors (Lipinski definition) is 0. The first-order valence-corrected chi connectivity index (χ1v) is 7.68. The topological polar surface area (TPSA) is 83.2 Å². The first-order valence-electron chi connectivity index (χ1n) is 7.68. The summed E-state index contributed by atoms with van der Waals surface area (Å²) in [4.78, 5) is 12.6. The summed E-state index contributed by atoms with van der Waals surface area (Å²) in [6.45, 7) is 2.34. The van der Waals surface area contributed by atoms with Crippen LogP contribution >= 0.6 is 0 Å². The molecule has 1 aromatic carbocycles. The number of fused-ring (bicyclic) bond motifs is 1. The van der Waals surface area contributed by atoms with Crippen LogP contribution in [0.5, 0.6) is 0 Å². The molecule has 0 amide bonds. The molecule has 1 saturated heterocycles. The average Bonchev–Trinajstić information content (AvgIpc) is 3.26. The fraction of sp³-hybridized carbons (Fsp3) is 0.375. The predicted molar refractivity (Wildman–Crippen MR) is 81.4 cm³/mol. The van der Waals surface area contributed by atoms with E-state index in [2.05, 4.69) is 20.1 Å². The zero-order valence-electron chi connectivity index (χ0n) is 12.8. The Labute approximate surface area is 136 Å². The summed E-state index contributed by atoms with van der Waals surface area (Å²) in [6.07, 6.45) is 4.05. The van der Waals surface area contributed by atoms with Crippen molar-refractivity contribution in [3.63, 3.8) is 0 Å².